The van der Waals surface area contributed by atoms with Crippen LogP contribution < -0.4 is 16.6 Å². The molecule has 7 heteroatoms. The first-order valence-corrected chi connectivity index (χ1v) is 11.0. The minimum atomic E-state index is -0.467. The highest BCUT2D eigenvalue weighted by atomic mass is 32.1. The molecule has 6 nitrogen and oxygen atoms in total. The van der Waals surface area contributed by atoms with Gasteiger partial charge in [-0.3, -0.25) is 18.7 Å². The number of thiophene rings is 1. The van der Waals surface area contributed by atoms with Gasteiger partial charge in [-0.15, -0.1) is 11.3 Å². The number of carbonyl (C=O) groups is 1. The first-order valence-electron chi connectivity index (χ1n) is 10.1. The Bertz CT molecular complexity index is 1320. The van der Waals surface area contributed by atoms with Gasteiger partial charge in [0, 0.05) is 18.0 Å². The maximum absolute atomic E-state index is 13.2. The van der Waals surface area contributed by atoms with Gasteiger partial charge in [0.25, 0.3) is 5.56 Å². The molecule has 158 valence electrons. The lowest BCUT2D eigenvalue weighted by atomic mass is 10.1. The van der Waals surface area contributed by atoms with Crippen LogP contribution in [0.1, 0.15) is 16.0 Å². The summed E-state index contributed by atoms with van der Waals surface area (Å²) in [7, 11) is 0. The molecule has 1 amide bonds. The molecule has 0 aliphatic rings. The van der Waals surface area contributed by atoms with Gasteiger partial charge in [0.2, 0.25) is 5.91 Å². The van der Waals surface area contributed by atoms with E-state index in [4.69, 9.17) is 0 Å². The lowest BCUT2D eigenvalue weighted by Crippen LogP contribution is -2.42. The van der Waals surface area contributed by atoms with Crippen LogP contribution in [-0.2, 0) is 30.8 Å². The second-order valence-electron chi connectivity index (χ2n) is 7.43. The molecule has 4 rings (SSSR count). The molecule has 0 bridgehead atoms. The SMILES string of the molecule is Cc1ccc(CNC(=O)Cn2c(=O)n(CCc3cccs3)c(=O)c3ccccc32)cc1. The number of nitrogens with one attached hydrogen (secondary N) is 1. The largest absolute Gasteiger partial charge is 0.350 e. The number of fused-ring (bicyclic) bond motifs is 1. The molecule has 0 unspecified atom stereocenters. The first kappa shape index (κ1) is 20.8. The van der Waals surface area contributed by atoms with Crippen LogP contribution in [0.4, 0.5) is 0 Å². The predicted molar refractivity (Wildman–Crippen MR) is 124 cm³/mol. The second kappa shape index (κ2) is 9.14. The van der Waals surface area contributed by atoms with Crippen molar-refractivity contribution >= 4 is 28.1 Å². The van der Waals surface area contributed by atoms with E-state index >= 15 is 0 Å². The Hall–Kier alpha value is -3.45. The van der Waals surface area contributed by atoms with Crippen molar-refractivity contribution < 1.29 is 4.79 Å². The third-order valence-corrected chi connectivity index (χ3v) is 6.14. The van der Waals surface area contributed by atoms with Crippen molar-refractivity contribution in [1.82, 2.24) is 14.5 Å². The Kier molecular flexibility index (Phi) is 6.13. The summed E-state index contributed by atoms with van der Waals surface area (Å²) in [6.45, 7) is 2.51. The molecule has 1 N–H and O–H groups in total. The zero-order valence-corrected chi connectivity index (χ0v) is 18.0. The van der Waals surface area contributed by atoms with Crippen molar-refractivity contribution in [3.8, 4) is 0 Å². The van der Waals surface area contributed by atoms with Crippen LogP contribution in [0.15, 0.2) is 75.6 Å². The van der Waals surface area contributed by atoms with Gasteiger partial charge in [-0.05, 0) is 42.5 Å². The lowest BCUT2D eigenvalue weighted by molar-refractivity contribution is -0.121. The summed E-state index contributed by atoms with van der Waals surface area (Å²) in [5, 5.41) is 5.26. The second-order valence-corrected chi connectivity index (χ2v) is 8.47. The molecule has 0 saturated carbocycles. The molecule has 0 aliphatic heterocycles. The van der Waals surface area contributed by atoms with E-state index < -0.39 is 5.69 Å². The van der Waals surface area contributed by atoms with Crippen molar-refractivity contribution in [2.45, 2.75) is 33.0 Å². The smallest absolute Gasteiger partial charge is 0.331 e. The number of nitrogens with zero attached hydrogens (tertiary/aromatic N) is 2. The average molecular weight is 434 g/mol. The predicted octanol–water partition coefficient (Wildman–Crippen LogP) is 3.09. The average Bonchev–Trinajstić information content (AvgIpc) is 3.30. The molecule has 0 spiro atoms. The molecule has 31 heavy (non-hydrogen) atoms. The van der Waals surface area contributed by atoms with Gasteiger partial charge in [0.05, 0.1) is 10.9 Å². The van der Waals surface area contributed by atoms with Crippen LogP contribution in [0.5, 0.6) is 0 Å². The fourth-order valence-corrected chi connectivity index (χ4v) is 4.20. The summed E-state index contributed by atoms with van der Waals surface area (Å²) in [6.07, 6.45) is 0.588. The van der Waals surface area contributed by atoms with E-state index in [9.17, 15) is 14.4 Å². The van der Waals surface area contributed by atoms with Crippen molar-refractivity contribution in [2.24, 2.45) is 0 Å². The van der Waals surface area contributed by atoms with Crippen LogP contribution in [-0.4, -0.2) is 15.0 Å². The van der Waals surface area contributed by atoms with Gasteiger partial charge in [-0.25, -0.2) is 4.79 Å². The van der Waals surface area contributed by atoms with Crippen LogP contribution in [0.2, 0.25) is 0 Å². The van der Waals surface area contributed by atoms with Gasteiger partial charge in [0.1, 0.15) is 6.54 Å². The molecule has 2 heterocycles. The summed E-state index contributed by atoms with van der Waals surface area (Å²) in [6, 6.07) is 18.7. The Labute approximate surface area is 183 Å². The standard InChI is InChI=1S/C24H23N3O3S/c1-17-8-10-18(11-9-17)15-25-22(28)16-27-21-7-3-2-6-20(21)23(29)26(24(27)30)13-12-19-5-4-14-31-19/h2-11,14H,12-13,15-16H2,1H3,(H,25,28). The van der Waals surface area contributed by atoms with Crippen LogP contribution in [0, 0.1) is 6.92 Å². The zero-order chi connectivity index (χ0) is 21.8. The fraction of sp³-hybridized carbons (Fsp3) is 0.208. The van der Waals surface area contributed by atoms with E-state index in [-0.39, 0.29) is 24.6 Å². The first-order chi connectivity index (χ1) is 15.0. The number of amides is 1. The van der Waals surface area contributed by atoms with Crippen molar-refractivity contribution in [1.29, 1.82) is 0 Å². The number of carbonyl (C=O) groups excluding carboxylic acids is 1. The number of rotatable bonds is 7. The molecule has 0 aliphatic carbocycles. The number of hydrogen-bond acceptors (Lipinski definition) is 4. The summed E-state index contributed by atoms with van der Waals surface area (Å²) >= 11 is 1.59. The summed E-state index contributed by atoms with van der Waals surface area (Å²) in [5.41, 5.74) is 1.81. The van der Waals surface area contributed by atoms with Crippen molar-refractivity contribution in [2.75, 3.05) is 0 Å². The van der Waals surface area contributed by atoms with Crippen molar-refractivity contribution in [3.05, 3.63) is 103 Å². The van der Waals surface area contributed by atoms with E-state index in [0.717, 1.165) is 16.0 Å². The van der Waals surface area contributed by atoms with Gasteiger partial charge in [-0.1, -0.05) is 48.0 Å². The molecular formula is C24H23N3O3S. The minimum Gasteiger partial charge on any atom is -0.350 e. The Morgan fingerprint density at radius 2 is 1.74 bits per heavy atom. The molecule has 0 fully saturated rings. The van der Waals surface area contributed by atoms with Gasteiger partial charge in [-0.2, -0.15) is 0 Å². The van der Waals surface area contributed by atoms with E-state index in [0.29, 0.717) is 23.9 Å². The molecular weight excluding hydrogens is 410 g/mol. The van der Waals surface area contributed by atoms with Crippen LogP contribution >= 0.6 is 11.3 Å². The molecule has 4 aromatic rings. The fourth-order valence-electron chi connectivity index (χ4n) is 3.50. The topological polar surface area (TPSA) is 73.1 Å². The van der Waals surface area contributed by atoms with Gasteiger partial charge >= 0.3 is 5.69 Å². The highest BCUT2D eigenvalue weighted by molar-refractivity contribution is 7.09. The number of aryl methyl sites for hydroxylation is 2. The quantitative estimate of drug-likeness (QED) is 0.487. The third kappa shape index (κ3) is 4.67. The maximum Gasteiger partial charge on any atom is 0.331 e. The zero-order valence-electron chi connectivity index (χ0n) is 17.2. The van der Waals surface area contributed by atoms with Crippen molar-refractivity contribution in [3.63, 3.8) is 0 Å². The Balaban J connectivity index is 1.61. The Morgan fingerprint density at radius 1 is 0.968 bits per heavy atom. The van der Waals surface area contributed by atoms with Gasteiger partial charge in [0.15, 0.2) is 0 Å². The monoisotopic (exact) mass is 433 g/mol. The summed E-state index contributed by atoms with van der Waals surface area (Å²) in [4.78, 5) is 39.8. The number of para-hydroxylation sites is 1. The highest BCUT2D eigenvalue weighted by Crippen LogP contribution is 2.11. The number of benzene rings is 2. The summed E-state index contributed by atoms with van der Waals surface area (Å²) in [5.74, 6) is -0.281. The lowest BCUT2D eigenvalue weighted by Gasteiger charge is -2.14. The third-order valence-electron chi connectivity index (χ3n) is 5.21. The highest BCUT2D eigenvalue weighted by Gasteiger charge is 2.15. The van der Waals surface area contributed by atoms with E-state index in [1.165, 1.54) is 9.13 Å². The molecule has 0 saturated heterocycles. The maximum atomic E-state index is 13.2. The Morgan fingerprint density at radius 3 is 2.48 bits per heavy atom. The van der Waals surface area contributed by atoms with E-state index in [1.54, 1.807) is 35.6 Å². The molecule has 2 aromatic heterocycles. The van der Waals surface area contributed by atoms with E-state index in [2.05, 4.69) is 5.32 Å². The normalized spacial score (nSPS) is 11.0. The van der Waals surface area contributed by atoms with Gasteiger partial charge < -0.3 is 5.32 Å². The molecule has 0 radical (unpaired) electrons. The minimum absolute atomic E-state index is 0.148. The number of hydrogen-bond donors (Lipinski definition) is 1. The number of aromatic nitrogens is 2. The summed E-state index contributed by atoms with van der Waals surface area (Å²) < 4.78 is 2.62. The van der Waals surface area contributed by atoms with Crippen LogP contribution in [0.25, 0.3) is 10.9 Å². The van der Waals surface area contributed by atoms with E-state index in [1.807, 2.05) is 48.7 Å². The molecule has 2 aromatic carbocycles. The van der Waals surface area contributed by atoms with Crippen LogP contribution in [0.3, 0.4) is 0 Å². The molecule has 0 atom stereocenters.